The second kappa shape index (κ2) is 5.03. The number of pyridine rings is 1. The molecule has 1 N–H and O–H groups in total. The molecule has 0 aromatic carbocycles. The molecule has 1 amide bonds. The summed E-state index contributed by atoms with van der Waals surface area (Å²) in [6, 6.07) is 3.16. The van der Waals surface area contributed by atoms with Crippen LogP contribution in [0.1, 0.15) is 10.6 Å². The van der Waals surface area contributed by atoms with Crippen LogP contribution in [-0.2, 0) is 0 Å². The highest BCUT2D eigenvalue weighted by atomic mass is 35.5. The molecule has 3 rings (SSSR count). The van der Waals surface area contributed by atoms with Gasteiger partial charge in [-0.25, -0.2) is 14.5 Å². The average Bonchev–Trinajstić information content (AvgIpc) is 2.86. The van der Waals surface area contributed by atoms with E-state index in [1.807, 2.05) is 0 Å². The summed E-state index contributed by atoms with van der Waals surface area (Å²) < 4.78 is 1.39. The molecule has 9 heteroatoms. The molecule has 0 atom stereocenters. The van der Waals surface area contributed by atoms with E-state index in [0.717, 1.165) is 0 Å². The normalized spacial score (nSPS) is 10.7. The van der Waals surface area contributed by atoms with E-state index in [0.29, 0.717) is 10.8 Å². The Hall–Kier alpha value is -2.25. The molecule has 0 saturated heterocycles. The van der Waals surface area contributed by atoms with Crippen molar-refractivity contribution in [2.24, 2.45) is 0 Å². The SMILES string of the molecule is O=C(Nc1ncc(Cl)cc1Cl)c1nc2ncccn2n1. The largest absolute Gasteiger partial charge is 0.303 e. The lowest BCUT2D eigenvalue weighted by molar-refractivity contribution is 0.101. The molecule has 7 nitrogen and oxygen atoms in total. The number of fused-ring (bicyclic) bond motifs is 1. The fourth-order valence-corrected chi connectivity index (χ4v) is 1.93. The predicted octanol–water partition coefficient (Wildman–Crippen LogP) is 2.08. The fourth-order valence-electron chi connectivity index (χ4n) is 1.50. The molecule has 0 radical (unpaired) electrons. The van der Waals surface area contributed by atoms with E-state index in [1.165, 1.54) is 16.8 Å². The third-order valence-corrected chi connectivity index (χ3v) is 2.85. The molecule has 0 fully saturated rings. The highest BCUT2D eigenvalue weighted by molar-refractivity contribution is 6.36. The van der Waals surface area contributed by atoms with Gasteiger partial charge in [-0.15, -0.1) is 5.10 Å². The van der Waals surface area contributed by atoms with E-state index in [1.54, 1.807) is 18.5 Å². The summed E-state index contributed by atoms with van der Waals surface area (Å²) in [5.74, 6) is -0.0515. The van der Waals surface area contributed by atoms with E-state index < -0.39 is 5.91 Å². The lowest BCUT2D eigenvalue weighted by Crippen LogP contribution is -2.15. The standard InChI is InChI=1S/C11H6Cl2N6O/c12-6-4-7(13)8(15-5-6)16-10(20)9-17-11-14-2-1-3-19(11)18-9/h1-5H,(H,15,16,20). The van der Waals surface area contributed by atoms with Crippen LogP contribution in [-0.4, -0.2) is 30.5 Å². The quantitative estimate of drug-likeness (QED) is 0.783. The Labute approximate surface area is 122 Å². The van der Waals surface area contributed by atoms with Crippen LogP contribution in [0.2, 0.25) is 10.0 Å². The van der Waals surface area contributed by atoms with Crippen LogP contribution in [0.25, 0.3) is 5.78 Å². The Morgan fingerprint density at radius 3 is 2.90 bits per heavy atom. The first-order chi connectivity index (χ1) is 9.63. The summed E-state index contributed by atoms with van der Waals surface area (Å²) in [7, 11) is 0. The molecule has 0 saturated carbocycles. The van der Waals surface area contributed by atoms with Crippen molar-refractivity contribution in [3.63, 3.8) is 0 Å². The summed E-state index contributed by atoms with van der Waals surface area (Å²) in [5.41, 5.74) is 0. The third kappa shape index (κ3) is 2.40. The highest BCUT2D eigenvalue weighted by Crippen LogP contribution is 2.22. The van der Waals surface area contributed by atoms with Gasteiger partial charge in [0.15, 0.2) is 5.82 Å². The van der Waals surface area contributed by atoms with Crippen molar-refractivity contribution < 1.29 is 4.79 Å². The number of rotatable bonds is 2. The number of nitrogens with one attached hydrogen (secondary N) is 1. The van der Waals surface area contributed by atoms with Gasteiger partial charge in [-0.1, -0.05) is 23.2 Å². The maximum atomic E-state index is 12.0. The smallest absolute Gasteiger partial charge is 0.296 e. The number of anilines is 1. The number of amides is 1. The minimum atomic E-state index is -0.535. The molecule has 0 unspecified atom stereocenters. The summed E-state index contributed by atoms with van der Waals surface area (Å²) in [6.45, 7) is 0. The van der Waals surface area contributed by atoms with Crippen molar-refractivity contribution >= 4 is 40.7 Å². The van der Waals surface area contributed by atoms with E-state index >= 15 is 0 Å². The van der Waals surface area contributed by atoms with Gasteiger partial charge in [0.05, 0.1) is 10.0 Å². The van der Waals surface area contributed by atoms with Crippen LogP contribution in [0.4, 0.5) is 5.82 Å². The number of hydrogen-bond acceptors (Lipinski definition) is 5. The van der Waals surface area contributed by atoms with Crippen LogP contribution in [0, 0.1) is 0 Å². The summed E-state index contributed by atoms with van der Waals surface area (Å²) in [4.78, 5) is 23.9. The molecule has 3 aromatic rings. The first-order valence-corrected chi connectivity index (χ1v) is 6.19. The van der Waals surface area contributed by atoms with Gasteiger partial charge in [-0.2, -0.15) is 4.98 Å². The molecule has 0 aliphatic rings. The maximum Gasteiger partial charge on any atom is 0.296 e. The first-order valence-electron chi connectivity index (χ1n) is 5.43. The number of halogens is 2. The van der Waals surface area contributed by atoms with Crippen LogP contribution >= 0.6 is 23.2 Å². The number of aromatic nitrogens is 5. The summed E-state index contributed by atoms with van der Waals surface area (Å²) in [6.07, 6.45) is 4.57. The Balaban J connectivity index is 1.89. The van der Waals surface area contributed by atoms with Crippen molar-refractivity contribution in [1.29, 1.82) is 0 Å². The molecule has 0 aliphatic heterocycles. The van der Waals surface area contributed by atoms with Gasteiger partial charge in [0, 0.05) is 18.6 Å². The molecule has 20 heavy (non-hydrogen) atoms. The maximum absolute atomic E-state index is 12.0. The van der Waals surface area contributed by atoms with Gasteiger partial charge < -0.3 is 5.32 Å². The van der Waals surface area contributed by atoms with Crippen molar-refractivity contribution in [2.45, 2.75) is 0 Å². The van der Waals surface area contributed by atoms with Crippen LogP contribution in [0.5, 0.6) is 0 Å². The Bertz CT molecular complexity index is 769. The number of carbonyl (C=O) groups excluding carboxylic acids is 1. The van der Waals surface area contributed by atoms with Crippen molar-refractivity contribution in [3.05, 3.63) is 46.6 Å². The van der Waals surface area contributed by atoms with Gasteiger partial charge in [0.2, 0.25) is 5.82 Å². The fraction of sp³-hybridized carbons (Fsp3) is 0. The Kier molecular flexibility index (Phi) is 3.21. The number of carbonyl (C=O) groups is 1. The second-order valence-corrected chi connectivity index (χ2v) is 4.58. The second-order valence-electron chi connectivity index (χ2n) is 3.74. The van der Waals surface area contributed by atoms with Crippen LogP contribution in [0.3, 0.4) is 0 Å². The van der Waals surface area contributed by atoms with Crippen molar-refractivity contribution in [2.75, 3.05) is 5.32 Å². The number of hydrogen-bond donors (Lipinski definition) is 1. The number of nitrogens with zero attached hydrogens (tertiary/aromatic N) is 5. The van der Waals surface area contributed by atoms with Crippen LogP contribution < -0.4 is 5.32 Å². The lowest BCUT2D eigenvalue weighted by Gasteiger charge is -2.03. The zero-order valence-electron chi connectivity index (χ0n) is 9.79. The topological polar surface area (TPSA) is 85.1 Å². The van der Waals surface area contributed by atoms with Gasteiger partial charge in [0.25, 0.3) is 11.7 Å². The summed E-state index contributed by atoms with van der Waals surface area (Å²) in [5, 5.41) is 7.11. The zero-order valence-corrected chi connectivity index (χ0v) is 11.3. The van der Waals surface area contributed by atoms with Gasteiger partial charge in [-0.3, -0.25) is 4.79 Å². The molecule has 100 valence electrons. The molecular weight excluding hydrogens is 303 g/mol. The van der Waals surface area contributed by atoms with Gasteiger partial charge in [0.1, 0.15) is 0 Å². The Morgan fingerprint density at radius 2 is 2.15 bits per heavy atom. The monoisotopic (exact) mass is 308 g/mol. The first kappa shape index (κ1) is 12.8. The summed E-state index contributed by atoms with van der Waals surface area (Å²) >= 11 is 11.6. The molecule has 0 spiro atoms. The van der Waals surface area contributed by atoms with Crippen molar-refractivity contribution in [1.82, 2.24) is 24.6 Å². The Morgan fingerprint density at radius 1 is 1.30 bits per heavy atom. The molecule has 0 bridgehead atoms. The zero-order chi connectivity index (χ0) is 14.1. The molecular formula is C11H6Cl2N6O. The van der Waals surface area contributed by atoms with Gasteiger partial charge >= 0.3 is 0 Å². The minimum Gasteiger partial charge on any atom is -0.303 e. The van der Waals surface area contributed by atoms with E-state index in [2.05, 4.69) is 25.4 Å². The predicted molar refractivity (Wildman–Crippen MR) is 73.0 cm³/mol. The lowest BCUT2D eigenvalue weighted by atomic mass is 10.4. The minimum absolute atomic E-state index is 0.0310. The van der Waals surface area contributed by atoms with Gasteiger partial charge in [-0.05, 0) is 12.1 Å². The van der Waals surface area contributed by atoms with E-state index in [4.69, 9.17) is 23.2 Å². The third-order valence-electron chi connectivity index (χ3n) is 2.36. The highest BCUT2D eigenvalue weighted by Gasteiger charge is 2.15. The van der Waals surface area contributed by atoms with Crippen LogP contribution in [0.15, 0.2) is 30.7 Å². The van der Waals surface area contributed by atoms with E-state index in [-0.39, 0.29) is 16.7 Å². The van der Waals surface area contributed by atoms with E-state index in [9.17, 15) is 4.79 Å². The average molecular weight is 309 g/mol. The molecule has 3 aromatic heterocycles. The molecule has 3 heterocycles. The molecule has 0 aliphatic carbocycles. The van der Waals surface area contributed by atoms with Crippen molar-refractivity contribution in [3.8, 4) is 0 Å².